The minimum absolute atomic E-state index is 0.0470. The maximum Gasteiger partial charge on any atom is 0.247 e. The molecule has 23 heavy (non-hydrogen) atoms. The van der Waals surface area contributed by atoms with E-state index in [4.69, 9.17) is 4.74 Å². The van der Waals surface area contributed by atoms with E-state index in [-0.39, 0.29) is 18.1 Å². The van der Waals surface area contributed by atoms with Crippen molar-refractivity contribution in [2.24, 2.45) is 5.41 Å². The third-order valence-electron chi connectivity index (χ3n) is 4.86. The number of nitrogens with one attached hydrogen (secondary N) is 2. The monoisotopic (exact) mass is 318 g/mol. The molecule has 0 radical (unpaired) electrons. The number of nitrogens with zero attached hydrogens (tertiary/aromatic N) is 2. The molecule has 126 valence electrons. The summed E-state index contributed by atoms with van der Waals surface area (Å²) in [5.41, 5.74) is 2.45. The van der Waals surface area contributed by atoms with Crippen molar-refractivity contribution in [1.29, 1.82) is 0 Å². The van der Waals surface area contributed by atoms with E-state index in [0.29, 0.717) is 17.8 Å². The van der Waals surface area contributed by atoms with Crippen LogP contribution in [0.3, 0.4) is 0 Å². The molecule has 6 heteroatoms. The highest BCUT2D eigenvalue weighted by molar-refractivity contribution is 5.94. The van der Waals surface area contributed by atoms with Gasteiger partial charge in [-0.3, -0.25) is 9.89 Å². The zero-order valence-electron chi connectivity index (χ0n) is 14.4. The highest BCUT2D eigenvalue weighted by Gasteiger charge is 2.35. The number of allylic oxidation sites excluding steroid dienone is 1. The van der Waals surface area contributed by atoms with Crippen LogP contribution in [0.25, 0.3) is 0 Å². The predicted octanol–water partition coefficient (Wildman–Crippen LogP) is 2.59. The quantitative estimate of drug-likeness (QED) is 0.897. The lowest BCUT2D eigenvalue weighted by atomic mass is 9.74. The predicted molar refractivity (Wildman–Crippen MR) is 86.7 cm³/mol. The number of ether oxygens (including phenoxy) is 1. The minimum atomic E-state index is -0.259. The highest BCUT2D eigenvalue weighted by Crippen LogP contribution is 2.38. The van der Waals surface area contributed by atoms with Gasteiger partial charge in [-0.15, -0.1) is 0 Å². The van der Waals surface area contributed by atoms with Crippen molar-refractivity contribution in [3.63, 3.8) is 0 Å². The SMILES string of the molecule is CC1=C(C(=O)N[C@H]2CCO[C@H]2c2n[nH]c(C)n2)CCC(C)(C)C1. The first-order valence-electron chi connectivity index (χ1n) is 8.36. The topological polar surface area (TPSA) is 79.9 Å². The fourth-order valence-electron chi connectivity index (χ4n) is 3.63. The third-order valence-corrected chi connectivity index (χ3v) is 4.86. The largest absolute Gasteiger partial charge is 0.368 e. The zero-order chi connectivity index (χ0) is 16.6. The summed E-state index contributed by atoms with van der Waals surface area (Å²) in [5, 5.41) is 10.2. The van der Waals surface area contributed by atoms with E-state index in [1.54, 1.807) is 0 Å². The molecule has 0 bridgehead atoms. The van der Waals surface area contributed by atoms with E-state index in [1.807, 2.05) is 6.92 Å². The average molecular weight is 318 g/mol. The van der Waals surface area contributed by atoms with E-state index < -0.39 is 0 Å². The normalized spacial score (nSPS) is 27.3. The number of aromatic amines is 1. The summed E-state index contributed by atoms with van der Waals surface area (Å²) in [7, 11) is 0. The molecule has 2 atom stereocenters. The first-order chi connectivity index (χ1) is 10.9. The Kier molecular flexibility index (Phi) is 4.27. The maximum absolute atomic E-state index is 12.7. The Balaban J connectivity index is 1.70. The van der Waals surface area contributed by atoms with Crippen molar-refractivity contribution in [2.45, 2.75) is 65.5 Å². The van der Waals surface area contributed by atoms with Gasteiger partial charge in [-0.25, -0.2) is 4.98 Å². The lowest BCUT2D eigenvalue weighted by Gasteiger charge is -2.32. The van der Waals surface area contributed by atoms with Crippen LogP contribution >= 0.6 is 0 Å². The second-order valence-corrected chi connectivity index (χ2v) is 7.54. The van der Waals surface area contributed by atoms with Crippen LogP contribution in [0, 0.1) is 12.3 Å². The number of rotatable bonds is 3. The summed E-state index contributed by atoms with van der Waals surface area (Å²) in [5.74, 6) is 1.43. The van der Waals surface area contributed by atoms with Gasteiger partial charge in [0.25, 0.3) is 0 Å². The minimum Gasteiger partial charge on any atom is -0.368 e. The molecule has 1 amide bonds. The molecule has 1 aliphatic heterocycles. The number of aryl methyl sites for hydroxylation is 1. The van der Waals surface area contributed by atoms with Crippen LogP contribution in [0.1, 0.15) is 64.2 Å². The number of aromatic nitrogens is 3. The van der Waals surface area contributed by atoms with Crippen molar-refractivity contribution in [3.8, 4) is 0 Å². The van der Waals surface area contributed by atoms with E-state index in [1.165, 1.54) is 5.57 Å². The second-order valence-electron chi connectivity index (χ2n) is 7.54. The van der Waals surface area contributed by atoms with Crippen LogP contribution in [-0.2, 0) is 9.53 Å². The van der Waals surface area contributed by atoms with Crippen molar-refractivity contribution in [1.82, 2.24) is 20.5 Å². The summed E-state index contributed by atoms with van der Waals surface area (Å²) in [4.78, 5) is 17.0. The lowest BCUT2D eigenvalue weighted by molar-refractivity contribution is -0.119. The van der Waals surface area contributed by atoms with Gasteiger partial charge in [0.1, 0.15) is 11.9 Å². The molecule has 3 rings (SSSR count). The highest BCUT2D eigenvalue weighted by atomic mass is 16.5. The molecular weight excluding hydrogens is 292 g/mol. The lowest BCUT2D eigenvalue weighted by Crippen LogP contribution is -2.39. The Morgan fingerprint density at radius 2 is 2.17 bits per heavy atom. The van der Waals surface area contributed by atoms with Crippen LogP contribution in [-0.4, -0.2) is 33.7 Å². The summed E-state index contributed by atoms with van der Waals surface area (Å²) in [6.07, 6.45) is 3.42. The molecule has 0 aromatic carbocycles. The summed E-state index contributed by atoms with van der Waals surface area (Å²) in [6.45, 7) is 9.08. The molecule has 0 saturated carbocycles. The maximum atomic E-state index is 12.7. The van der Waals surface area contributed by atoms with Gasteiger partial charge in [-0.1, -0.05) is 19.4 Å². The van der Waals surface area contributed by atoms with Crippen LogP contribution in [0.4, 0.5) is 0 Å². The molecule has 1 saturated heterocycles. The van der Waals surface area contributed by atoms with Gasteiger partial charge >= 0.3 is 0 Å². The molecule has 6 nitrogen and oxygen atoms in total. The number of amides is 1. The smallest absolute Gasteiger partial charge is 0.247 e. The van der Waals surface area contributed by atoms with Crippen molar-refractivity contribution >= 4 is 5.91 Å². The number of carbonyl (C=O) groups is 1. The second kappa shape index (κ2) is 6.07. The van der Waals surface area contributed by atoms with Crippen LogP contribution in [0.5, 0.6) is 0 Å². The molecular formula is C17H26N4O2. The van der Waals surface area contributed by atoms with Gasteiger partial charge in [0.05, 0.1) is 6.04 Å². The summed E-state index contributed by atoms with van der Waals surface area (Å²) in [6, 6.07) is -0.0621. The molecule has 1 aromatic rings. The van der Waals surface area contributed by atoms with Gasteiger partial charge in [0, 0.05) is 12.2 Å². The van der Waals surface area contributed by atoms with Gasteiger partial charge in [-0.2, -0.15) is 5.10 Å². The van der Waals surface area contributed by atoms with E-state index in [9.17, 15) is 4.79 Å². The number of carbonyl (C=O) groups excluding carboxylic acids is 1. The number of hydrogen-bond acceptors (Lipinski definition) is 4. The molecule has 1 aliphatic carbocycles. The van der Waals surface area contributed by atoms with Crippen molar-refractivity contribution in [2.75, 3.05) is 6.61 Å². The Labute approximate surface area is 137 Å². The standard InChI is InChI=1S/C17H26N4O2/c1-10-9-17(3,4)7-5-12(10)16(22)19-13-6-8-23-14(13)15-18-11(2)20-21-15/h13-14H,5-9H2,1-4H3,(H,19,22)(H,18,20,21)/t13-,14+/m0/s1. The summed E-state index contributed by atoms with van der Waals surface area (Å²) >= 11 is 0. The van der Waals surface area contributed by atoms with E-state index in [2.05, 4.69) is 41.3 Å². The number of hydrogen-bond donors (Lipinski definition) is 2. The fraction of sp³-hybridized carbons (Fsp3) is 0.706. The van der Waals surface area contributed by atoms with E-state index in [0.717, 1.165) is 37.1 Å². The molecule has 2 aliphatic rings. The van der Waals surface area contributed by atoms with Gasteiger partial charge in [0.15, 0.2) is 5.82 Å². The fourth-order valence-corrected chi connectivity index (χ4v) is 3.63. The zero-order valence-corrected chi connectivity index (χ0v) is 14.4. The Bertz CT molecular complexity index is 632. The van der Waals surface area contributed by atoms with Crippen molar-refractivity contribution in [3.05, 3.63) is 22.8 Å². The van der Waals surface area contributed by atoms with Gasteiger partial charge in [-0.05, 0) is 44.9 Å². The molecule has 1 fully saturated rings. The Hall–Kier alpha value is -1.69. The molecule has 0 unspecified atom stereocenters. The van der Waals surface area contributed by atoms with Crippen LogP contribution < -0.4 is 5.32 Å². The Morgan fingerprint density at radius 1 is 1.39 bits per heavy atom. The molecule has 0 spiro atoms. The first-order valence-corrected chi connectivity index (χ1v) is 8.36. The average Bonchev–Trinajstić information content (AvgIpc) is 3.06. The third kappa shape index (κ3) is 3.47. The van der Waals surface area contributed by atoms with Crippen molar-refractivity contribution < 1.29 is 9.53 Å². The molecule has 2 heterocycles. The number of H-pyrrole nitrogens is 1. The van der Waals surface area contributed by atoms with Gasteiger partial charge < -0.3 is 10.1 Å². The van der Waals surface area contributed by atoms with Crippen LogP contribution in [0.2, 0.25) is 0 Å². The van der Waals surface area contributed by atoms with Crippen LogP contribution in [0.15, 0.2) is 11.1 Å². The molecule has 1 aromatic heterocycles. The van der Waals surface area contributed by atoms with E-state index >= 15 is 0 Å². The summed E-state index contributed by atoms with van der Waals surface area (Å²) < 4.78 is 5.74. The Morgan fingerprint density at radius 3 is 2.83 bits per heavy atom. The van der Waals surface area contributed by atoms with Gasteiger partial charge in [0.2, 0.25) is 5.91 Å². The first kappa shape index (κ1) is 16.2. The molecule has 2 N–H and O–H groups in total.